The van der Waals surface area contributed by atoms with Crippen LogP contribution in [0.5, 0.6) is 0 Å². The Morgan fingerprint density at radius 2 is 1.93 bits per heavy atom. The van der Waals surface area contributed by atoms with Crippen LogP contribution >= 0.6 is 23.4 Å². The number of halogens is 4. The first-order valence-corrected chi connectivity index (χ1v) is 6.26. The molecule has 14 heavy (non-hydrogen) atoms. The van der Waals surface area contributed by atoms with Gasteiger partial charge in [0, 0.05) is 11.1 Å². The summed E-state index contributed by atoms with van der Waals surface area (Å²) >= 11 is 6.08. The van der Waals surface area contributed by atoms with Gasteiger partial charge in [0.15, 0.2) is 0 Å². The second kappa shape index (κ2) is 5.50. The summed E-state index contributed by atoms with van der Waals surface area (Å²) in [6, 6.07) is 0. The molecule has 0 N–H and O–H groups in total. The Morgan fingerprint density at radius 1 is 1.29 bits per heavy atom. The lowest BCUT2D eigenvalue weighted by Crippen LogP contribution is -2.03. The zero-order valence-electron chi connectivity index (χ0n) is 7.82. The van der Waals surface area contributed by atoms with Crippen molar-refractivity contribution in [1.29, 1.82) is 0 Å². The molecule has 0 saturated heterocycles. The molecule has 1 rings (SSSR count). The summed E-state index contributed by atoms with van der Waals surface area (Å²) in [6.45, 7) is 0. The third kappa shape index (κ3) is 6.02. The summed E-state index contributed by atoms with van der Waals surface area (Å²) in [6.07, 6.45) is 4.69. The molecule has 1 atom stereocenters. The Labute approximate surface area is 91.6 Å². The molecule has 0 aromatic carbocycles. The van der Waals surface area contributed by atoms with E-state index in [1.165, 1.54) is 12.8 Å². The Kier molecular flexibility index (Phi) is 4.91. The quantitative estimate of drug-likeness (QED) is 0.494. The van der Waals surface area contributed by atoms with Crippen molar-refractivity contribution in [2.45, 2.75) is 43.0 Å². The van der Waals surface area contributed by atoms with Crippen LogP contribution in [0, 0.1) is 5.92 Å². The van der Waals surface area contributed by atoms with Gasteiger partial charge in [0.1, 0.15) is 0 Å². The highest BCUT2D eigenvalue weighted by Crippen LogP contribution is 2.38. The summed E-state index contributed by atoms with van der Waals surface area (Å²) < 4.78 is 35.1. The monoisotopic (exact) mass is 246 g/mol. The van der Waals surface area contributed by atoms with Crippen LogP contribution in [0.25, 0.3) is 0 Å². The van der Waals surface area contributed by atoms with Gasteiger partial charge in [-0.25, -0.2) is 0 Å². The van der Waals surface area contributed by atoms with Crippen LogP contribution in [0.15, 0.2) is 0 Å². The van der Waals surface area contributed by atoms with Crippen LogP contribution in [0.1, 0.15) is 32.1 Å². The van der Waals surface area contributed by atoms with Crippen LogP contribution in [-0.4, -0.2) is 16.6 Å². The van der Waals surface area contributed by atoms with Gasteiger partial charge in [-0.05, 0) is 31.6 Å². The first kappa shape index (κ1) is 12.5. The number of unbranched alkanes of at least 4 members (excludes halogenated alkanes) is 1. The third-order valence-electron chi connectivity index (χ3n) is 2.27. The first-order valence-electron chi connectivity index (χ1n) is 4.84. The lowest BCUT2D eigenvalue weighted by Gasteiger charge is -2.08. The fraction of sp³-hybridized carbons (Fsp3) is 1.00. The minimum absolute atomic E-state index is 0.0662. The zero-order chi connectivity index (χ0) is 10.6. The first-order chi connectivity index (χ1) is 6.49. The highest BCUT2D eigenvalue weighted by Gasteiger charge is 2.29. The Morgan fingerprint density at radius 3 is 2.43 bits per heavy atom. The van der Waals surface area contributed by atoms with Crippen LogP contribution in [0.4, 0.5) is 13.2 Å². The van der Waals surface area contributed by atoms with Crippen LogP contribution < -0.4 is 0 Å². The fourth-order valence-corrected chi connectivity index (χ4v) is 2.31. The molecule has 0 aromatic rings. The van der Waals surface area contributed by atoms with Gasteiger partial charge in [-0.15, -0.1) is 11.6 Å². The highest BCUT2D eigenvalue weighted by atomic mass is 35.5. The minimum Gasteiger partial charge on any atom is -0.160 e. The molecular formula is C9H14ClF3S. The van der Waals surface area contributed by atoms with Gasteiger partial charge in [-0.1, -0.05) is 18.2 Å². The average Bonchev–Trinajstić information content (AvgIpc) is 2.83. The maximum Gasteiger partial charge on any atom is 0.441 e. The highest BCUT2D eigenvalue weighted by molar-refractivity contribution is 8.00. The van der Waals surface area contributed by atoms with E-state index in [0.717, 1.165) is 12.8 Å². The van der Waals surface area contributed by atoms with Crippen molar-refractivity contribution in [1.82, 2.24) is 0 Å². The van der Waals surface area contributed by atoms with E-state index in [1.54, 1.807) is 0 Å². The predicted molar refractivity (Wildman–Crippen MR) is 54.7 cm³/mol. The number of hydrogen-bond donors (Lipinski definition) is 0. The number of alkyl halides is 4. The van der Waals surface area contributed by atoms with Gasteiger partial charge < -0.3 is 0 Å². The number of rotatable bonds is 6. The van der Waals surface area contributed by atoms with Crippen molar-refractivity contribution in [3.8, 4) is 0 Å². The van der Waals surface area contributed by atoms with Crippen molar-refractivity contribution in [2.24, 2.45) is 5.92 Å². The van der Waals surface area contributed by atoms with E-state index in [-0.39, 0.29) is 22.9 Å². The van der Waals surface area contributed by atoms with Crippen molar-refractivity contribution in [3.05, 3.63) is 0 Å². The second-order valence-corrected chi connectivity index (χ2v) is 5.36. The van der Waals surface area contributed by atoms with E-state index in [2.05, 4.69) is 0 Å². The van der Waals surface area contributed by atoms with Crippen LogP contribution in [-0.2, 0) is 0 Å². The van der Waals surface area contributed by atoms with Gasteiger partial charge in [0.05, 0.1) is 0 Å². The summed E-state index contributed by atoms with van der Waals surface area (Å²) in [4.78, 5) is 0. The molecule has 1 aliphatic carbocycles. The lowest BCUT2D eigenvalue weighted by molar-refractivity contribution is -0.0328. The van der Waals surface area contributed by atoms with E-state index < -0.39 is 5.51 Å². The Balaban J connectivity index is 1.88. The molecule has 0 bridgehead atoms. The molecule has 1 fully saturated rings. The summed E-state index contributed by atoms with van der Waals surface area (Å²) in [7, 11) is 0. The van der Waals surface area contributed by atoms with E-state index in [0.29, 0.717) is 12.3 Å². The van der Waals surface area contributed by atoms with Gasteiger partial charge >= 0.3 is 5.51 Å². The molecule has 5 heteroatoms. The molecule has 0 amide bonds. The van der Waals surface area contributed by atoms with E-state index in [1.807, 2.05) is 0 Å². The summed E-state index contributed by atoms with van der Waals surface area (Å²) in [5.74, 6) is 0.810. The molecular weight excluding hydrogens is 233 g/mol. The molecule has 0 nitrogen and oxygen atoms in total. The van der Waals surface area contributed by atoms with Crippen molar-refractivity contribution in [2.75, 3.05) is 5.75 Å². The molecule has 1 unspecified atom stereocenters. The van der Waals surface area contributed by atoms with E-state index in [4.69, 9.17) is 11.6 Å². The van der Waals surface area contributed by atoms with E-state index >= 15 is 0 Å². The van der Waals surface area contributed by atoms with Crippen molar-refractivity contribution < 1.29 is 13.2 Å². The van der Waals surface area contributed by atoms with E-state index in [9.17, 15) is 13.2 Å². The molecule has 0 aromatic heterocycles. The average molecular weight is 247 g/mol. The smallest absolute Gasteiger partial charge is 0.160 e. The topological polar surface area (TPSA) is 0 Å². The predicted octanol–water partition coefficient (Wildman–Crippen LogP) is 4.43. The van der Waals surface area contributed by atoms with Gasteiger partial charge in [-0.2, -0.15) is 13.2 Å². The fourth-order valence-electron chi connectivity index (χ4n) is 1.32. The van der Waals surface area contributed by atoms with Gasteiger partial charge in [0.2, 0.25) is 0 Å². The summed E-state index contributed by atoms with van der Waals surface area (Å²) in [5, 5.41) is 0.200. The largest absolute Gasteiger partial charge is 0.441 e. The van der Waals surface area contributed by atoms with Crippen LogP contribution in [0.2, 0.25) is 0 Å². The molecule has 1 saturated carbocycles. The molecule has 0 radical (unpaired) electrons. The van der Waals surface area contributed by atoms with Crippen LogP contribution in [0.3, 0.4) is 0 Å². The molecule has 84 valence electrons. The SMILES string of the molecule is FC(F)(F)SCCCCC(Cl)C1CC1. The molecule has 0 heterocycles. The van der Waals surface area contributed by atoms with Gasteiger partial charge in [-0.3, -0.25) is 0 Å². The zero-order valence-corrected chi connectivity index (χ0v) is 9.39. The molecule has 0 aliphatic heterocycles. The lowest BCUT2D eigenvalue weighted by atomic mass is 10.1. The maximum atomic E-state index is 11.7. The van der Waals surface area contributed by atoms with Gasteiger partial charge in [0.25, 0.3) is 0 Å². The normalized spacial score (nSPS) is 19.7. The van der Waals surface area contributed by atoms with Crippen molar-refractivity contribution >= 4 is 23.4 Å². The standard InChI is InChI=1S/C9H14ClF3S/c10-8(7-4-5-7)3-1-2-6-14-9(11,12)13/h7-8H,1-6H2. The Hall–Kier alpha value is 0.430. The minimum atomic E-state index is -4.07. The number of hydrogen-bond acceptors (Lipinski definition) is 1. The molecule has 1 aliphatic rings. The summed E-state index contributed by atoms with van der Waals surface area (Å²) in [5.41, 5.74) is -4.07. The van der Waals surface area contributed by atoms with Crippen molar-refractivity contribution in [3.63, 3.8) is 0 Å². The molecule has 0 spiro atoms. The Bertz CT molecular complexity index is 168. The maximum absolute atomic E-state index is 11.7. The third-order valence-corrected chi connectivity index (χ3v) is 3.67. The second-order valence-electron chi connectivity index (χ2n) is 3.64. The number of thioether (sulfide) groups is 1.